The lowest BCUT2D eigenvalue weighted by Gasteiger charge is -2.14. The summed E-state index contributed by atoms with van der Waals surface area (Å²) >= 11 is 1.42. The topological polar surface area (TPSA) is 65.4 Å². The molecule has 2 heterocycles. The molecule has 182 valence electrons. The van der Waals surface area contributed by atoms with E-state index in [0.29, 0.717) is 16.0 Å². The fraction of sp³-hybridized carbons (Fsp3) is 0.345. The molecule has 5 nitrogen and oxygen atoms in total. The maximum atomic E-state index is 12.9. The Morgan fingerprint density at radius 3 is 2.23 bits per heavy atom. The Kier molecular flexibility index (Phi) is 7.81. The first-order chi connectivity index (χ1) is 17.0. The first kappa shape index (κ1) is 24.9. The van der Waals surface area contributed by atoms with Gasteiger partial charge in [-0.1, -0.05) is 39.2 Å². The number of aromatic nitrogens is 1. The molecular weight excluding hydrogens is 458 g/mol. The van der Waals surface area contributed by atoms with Crippen LogP contribution in [0.15, 0.2) is 53.9 Å². The second-order valence-corrected chi connectivity index (χ2v) is 9.81. The van der Waals surface area contributed by atoms with Crippen LogP contribution in [0.5, 0.6) is 0 Å². The second kappa shape index (κ2) is 11.0. The largest absolute Gasteiger partial charge is 0.459 e. The molecule has 0 aliphatic heterocycles. The fourth-order valence-corrected chi connectivity index (χ4v) is 5.24. The zero-order valence-electron chi connectivity index (χ0n) is 20.5. The average Bonchev–Trinajstić information content (AvgIpc) is 3.53. The van der Waals surface area contributed by atoms with Gasteiger partial charge in [-0.05, 0) is 67.1 Å². The lowest BCUT2D eigenvalue weighted by molar-refractivity contribution is -0.139. The number of thiophene rings is 1. The van der Waals surface area contributed by atoms with Gasteiger partial charge in [-0.3, -0.25) is 9.59 Å². The molecule has 0 bridgehead atoms. The number of benzene rings is 2. The van der Waals surface area contributed by atoms with E-state index in [2.05, 4.69) is 25.3 Å². The monoisotopic (exact) mass is 489 g/mol. The van der Waals surface area contributed by atoms with E-state index in [4.69, 9.17) is 4.74 Å². The minimum absolute atomic E-state index is 0.0244. The summed E-state index contributed by atoms with van der Waals surface area (Å²) in [6.45, 7) is 7.28. The Hall–Kier alpha value is -3.25. The standard InChI is InChI=1S/C29H31NO4S/c1-4-7-9-19(5-2)18-34-29(33)28(32)21-12-14-25-23(17-21)22-16-20(11-13-24(22)30(25)6-3)27(31)26-10-8-15-35-26/h8,10-17,19H,4-7,9,18H2,1-3H3. The van der Waals surface area contributed by atoms with E-state index >= 15 is 0 Å². The van der Waals surface area contributed by atoms with E-state index in [9.17, 15) is 14.4 Å². The number of hydrogen-bond donors (Lipinski definition) is 0. The molecule has 1 atom stereocenters. The van der Waals surface area contributed by atoms with Crippen molar-refractivity contribution in [2.75, 3.05) is 6.61 Å². The molecule has 0 aliphatic rings. The van der Waals surface area contributed by atoms with E-state index < -0.39 is 11.8 Å². The first-order valence-corrected chi connectivity index (χ1v) is 13.2. The van der Waals surface area contributed by atoms with Crippen molar-refractivity contribution in [2.45, 2.75) is 53.0 Å². The summed E-state index contributed by atoms with van der Waals surface area (Å²) in [6.07, 6.45) is 4.08. The van der Waals surface area contributed by atoms with Gasteiger partial charge in [0.1, 0.15) is 0 Å². The van der Waals surface area contributed by atoms with Gasteiger partial charge in [-0.25, -0.2) is 4.79 Å². The molecule has 1 unspecified atom stereocenters. The highest BCUT2D eigenvalue weighted by atomic mass is 32.1. The molecule has 0 radical (unpaired) electrons. The molecule has 4 aromatic rings. The average molecular weight is 490 g/mol. The molecule has 6 heteroatoms. The van der Waals surface area contributed by atoms with Crippen molar-refractivity contribution in [3.63, 3.8) is 0 Å². The van der Waals surface area contributed by atoms with Gasteiger partial charge in [-0.2, -0.15) is 0 Å². The van der Waals surface area contributed by atoms with Gasteiger partial charge in [0.05, 0.1) is 11.5 Å². The number of ether oxygens (including phenoxy) is 1. The third-order valence-corrected chi connectivity index (χ3v) is 7.50. The van der Waals surface area contributed by atoms with Crippen LogP contribution in [0.25, 0.3) is 21.8 Å². The van der Waals surface area contributed by atoms with Gasteiger partial charge in [0.2, 0.25) is 5.78 Å². The van der Waals surface area contributed by atoms with Gasteiger partial charge >= 0.3 is 5.97 Å². The quantitative estimate of drug-likeness (QED) is 0.129. The second-order valence-electron chi connectivity index (χ2n) is 8.86. The summed E-state index contributed by atoms with van der Waals surface area (Å²) in [6, 6.07) is 14.7. The highest BCUT2D eigenvalue weighted by Crippen LogP contribution is 2.32. The number of esters is 1. The number of carbonyl (C=O) groups excluding carboxylic acids is 3. The van der Waals surface area contributed by atoms with Crippen molar-refractivity contribution in [3.8, 4) is 0 Å². The smallest absolute Gasteiger partial charge is 0.379 e. The Morgan fingerprint density at radius 2 is 1.63 bits per heavy atom. The summed E-state index contributed by atoms with van der Waals surface area (Å²) in [5.74, 6) is -1.20. The van der Waals surface area contributed by atoms with Crippen molar-refractivity contribution < 1.29 is 19.1 Å². The molecule has 2 aromatic carbocycles. The lowest BCUT2D eigenvalue weighted by Crippen LogP contribution is -2.21. The van der Waals surface area contributed by atoms with Crippen molar-refractivity contribution in [3.05, 3.63) is 69.9 Å². The van der Waals surface area contributed by atoms with Crippen molar-refractivity contribution in [2.24, 2.45) is 5.92 Å². The summed E-state index contributed by atoms with van der Waals surface area (Å²) in [5.41, 5.74) is 2.84. The molecule has 0 N–H and O–H groups in total. The van der Waals surface area contributed by atoms with Crippen LogP contribution in [0.4, 0.5) is 0 Å². The number of Topliss-reactive ketones (excluding diaryl/α,β-unsaturated/α-hetero) is 1. The third-order valence-electron chi connectivity index (χ3n) is 6.63. The maximum absolute atomic E-state index is 12.9. The van der Waals surface area contributed by atoms with Gasteiger partial charge in [0.15, 0.2) is 0 Å². The molecular formula is C29H31NO4S. The molecule has 35 heavy (non-hydrogen) atoms. The Balaban J connectivity index is 1.65. The molecule has 0 aliphatic carbocycles. The van der Waals surface area contributed by atoms with Gasteiger partial charge in [-0.15, -0.1) is 11.3 Å². The molecule has 0 spiro atoms. The van der Waals surface area contributed by atoms with Crippen LogP contribution in [0, 0.1) is 5.92 Å². The van der Waals surface area contributed by atoms with Crippen LogP contribution in [0.3, 0.4) is 0 Å². The number of ketones is 2. The van der Waals surface area contributed by atoms with Crippen LogP contribution >= 0.6 is 11.3 Å². The van der Waals surface area contributed by atoms with Gasteiger partial charge < -0.3 is 9.30 Å². The highest BCUT2D eigenvalue weighted by Gasteiger charge is 2.22. The van der Waals surface area contributed by atoms with E-state index in [-0.39, 0.29) is 18.3 Å². The minimum atomic E-state index is -0.813. The van der Waals surface area contributed by atoms with Crippen LogP contribution in [-0.2, 0) is 16.1 Å². The van der Waals surface area contributed by atoms with Crippen LogP contribution in [0.2, 0.25) is 0 Å². The summed E-state index contributed by atoms with van der Waals surface area (Å²) < 4.78 is 7.54. The molecule has 0 fully saturated rings. The van der Waals surface area contributed by atoms with Crippen molar-refractivity contribution >= 4 is 50.7 Å². The predicted octanol–water partition coefficient (Wildman–Crippen LogP) is 7.05. The number of unbranched alkanes of at least 4 members (excludes halogenated alkanes) is 1. The minimum Gasteiger partial charge on any atom is -0.459 e. The number of nitrogens with zero attached hydrogens (tertiary/aromatic N) is 1. The van der Waals surface area contributed by atoms with Crippen LogP contribution in [-0.4, -0.2) is 28.7 Å². The van der Waals surface area contributed by atoms with Gasteiger partial charge in [0, 0.05) is 39.5 Å². The number of rotatable bonds is 11. The molecule has 0 saturated heterocycles. The van der Waals surface area contributed by atoms with E-state index in [0.717, 1.165) is 54.0 Å². The maximum Gasteiger partial charge on any atom is 0.379 e. The van der Waals surface area contributed by atoms with E-state index in [1.807, 2.05) is 41.8 Å². The number of carbonyl (C=O) groups is 3. The van der Waals surface area contributed by atoms with E-state index in [1.54, 1.807) is 12.1 Å². The Bertz CT molecular complexity index is 1370. The van der Waals surface area contributed by atoms with Crippen LogP contribution < -0.4 is 0 Å². The predicted molar refractivity (Wildman–Crippen MR) is 141 cm³/mol. The normalized spacial score (nSPS) is 12.2. The van der Waals surface area contributed by atoms with Crippen molar-refractivity contribution in [1.82, 2.24) is 4.57 Å². The number of fused-ring (bicyclic) bond motifs is 3. The van der Waals surface area contributed by atoms with E-state index in [1.165, 1.54) is 11.3 Å². The van der Waals surface area contributed by atoms with Crippen LogP contribution in [0.1, 0.15) is 72.0 Å². The summed E-state index contributed by atoms with van der Waals surface area (Å²) in [5, 5.41) is 3.62. The highest BCUT2D eigenvalue weighted by molar-refractivity contribution is 7.12. The summed E-state index contributed by atoms with van der Waals surface area (Å²) in [7, 11) is 0. The summed E-state index contributed by atoms with van der Waals surface area (Å²) in [4.78, 5) is 39.1. The van der Waals surface area contributed by atoms with Crippen molar-refractivity contribution in [1.29, 1.82) is 0 Å². The third kappa shape index (κ3) is 5.08. The SMILES string of the molecule is CCCCC(CC)COC(=O)C(=O)c1ccc2c(c1)c1cc(C(=O)c3cccs3)ccc1n2CC. The molecule has 4 rings (SSSR count). The Morgan fingerprint density at radius 1 is 0.943 bits per heavy atom. The lowest BCUT2D eigenvalue weighted by atomic mass is 10.0. The zero-order chi connectivity index (χ0) is 24.9. The zero-order valence-corrected chi connectivity index (χ0v) is 21.3. The molecule has 0 amide bonds. The Labute approximate surface area is 209 Å². The number of aryl methyl sites for hydroxylation is 1. The number of hydrogen-bond acceptors (Lipinski definition) is 5. The first-order valence-electron chi connectivity index (χ1n) is 12.3. The molecule has 2 aromatic heterocycles. The molecule has 0 saturated carbocycles. The fourth-order valence-electron chi connectivity index (χ4n) is 4.55. The van der Waals surface area contributed by atoms with Gasteiger partial charge in [0.25, 0.3) is 5.78 Å².